The molecule has 0 aliphatic heterocycles. The molecule has 0 aromatic rings. The van der Waals surface area contributed by atoms with Crippen LogP contribution in [0.15, 0.2) is 0 Å². The molecule has 0 rings (SSSR count). The summed E-state index contributed by atoms with van der Waals surface area (Å²) in [6.45, 7) is 11.3. The van der Waals surface area contributed by atoms with E-state index >= 15 is 0 Å². The fourth-order valence-electron chi connectivity index (χ4n) is 1.10. The van der Waals surface area contributed by atoms with Crippen molar-refractivity contribution in [1.82, 2.24) is 5.32 Å². The lowest BCUT2D eigenvalue weighted by atomic mass is 9.92. The zero-order valence-electron chi connectivity index (χ0n) is 10.8. The van der Waals surface area contributed by atoms with E-state index in [1.807, 2.05) is 13.8 Å². The van der Waals surface area contributed by atoms with Gasteiger partial charge in [-0.25, -0.2) is 0 Å². The molecule has 0 aromatic carbocycles. The second kappa shape index (κ2) is 6.11. The first kappa shape index (κ1) is 14.4. The first-order valence-electron chi connectivity index (χ1n) is 5.74. The van der Waals surface area contributed by atoms with E-state index in [1.54, 1.807) is 0 Å². The topological polar surface area (TPSA) is 55.1 Å². The molecule has 0 aromatic heterocycles. The van der Waals surface area contributed by atoms with E-state index in [0.29, 0.717) is 12.3 Å². The van der Waals surface area contributed by atoms with Crippen LogP contribution < -0.4 is 11.1 Å². The highest BCUT2D eigenvalue weighted by Gasteiger charge is 2.14. The van der Waals surface area contributed by atoms with Gasteiger partial charge in [0.25, 0.3) is 0 Å². The normalized spacial score (nSPS) is 14.1. The van der Waals surface area contributed by atoms with Crippen LogP contribution in [0.1, 0.15) is 47.5 Å². The van der Waals surface area contributed by atoms with Crippen molar-refractivity contribution in [2.24, 2.45) is 17.1 Å². The van der Waals surface area contributed by atoms with Crippen LogP contribution in [-0.4, -0.2) is 18.5 Å². The van der Waals surface area contributed by atoms with Crippen LogP contribution in [0, 0.1) is 11.3 Å². The van der Waals surface area contributed by atoms with Gasteiger partial charge >= 0.3 is 0 Å². The lowest BCUT2D eigenvalue weighted by molar-refractivity contribution is -0.121. The molecule has 3 N–H and O–H groups in total. The second-order valence-electron chi connectivity index (χ2n) is 5.77. The smallest absolute Gasteiger partial charge is 0.221 e. The van der Waals surface area contributed by atoms with Crippen LogP contribution in [0.25, 0.3) is 0 Å². The number of hydrogen-bond acceptors (Lipinski definition) is 2. The minimum absolute atomic E-state index is 0.0281. The summed E-state index contributed by atoms with van der Waals surface area (Å²) in [7, 11) is 0. The van der Waals surface area contributed by atoms with Gasteiger partial charge in [-0.2, -0.15) is 0 Å². The van der Waals surface area contributed by atoms with Gasteiger partial charge < -0.3 is 11.1 Å². The highest BCUT2D eigenvalue weighted by molar-refractivity contribution is 5.76. The molecule has 3 heteroatoms. The summed E-state index contributed by atoms with van der Waals surface area (Å²) in [5.74, 6) is 0.429. The molecule has 1 atom stereocenters. The number of hydrogen-bond donors (Lipinski definition) is 2. The Labute approximate surface area is 93.8 Å². The number of nitrogens with one attached hydrogen (secondary N) is 1. The van der Waals surface area contributed by atoms with Crippen molar-refractivity contribution in [1.29, 1.82) is 0 Å². The minimum atomic E-state index is -0.0281. The molecule has 0 saturated carbocycles. The van der Waals surface area contributed by atoms with Gasteiger partial charge in [0.05, 0.1) is 0 Å². The molecule has 0 fully saturated rings. The van der Waals surface area contributed by atoms with E-state index < -0.39 is 0 Å². The van der Waals surface area contributed by atoms with Gasteiger partial charge in [0.15, 0.2) is 0 Å². The first-order valence-corrected chi connectivity index (χ1v) is 5.74. The standard InChI is InChI=1S/C12H26N2O/c1-9(2)10(13)8-11(15)14-7-6-12(3,4)5/h9-10H,6-8,13H2,1-5H3,(H,14,15). The highest BCUT2D eigenvalue weighted by atomic mass is 16.1. The highest BCUT2D eigenvalue weighted by Crippen LogP contribution is 2.16. The van der Waals surface area contributed by atoms with Gasteiger partial charge in [-0.05, 0) is 17.8 Å². The average molecular weight is 214 g/mol. The SMILES string of the molecule is CC(C)C(N)CC(=O)NCCC(C)(C)C. The zero-order chi connectivity index (χ0) is 12.1. The van der Waals surface area contributed by atoms with Crippen LogP contribution in [0.5, 0.6) is 0 Å². The number of amides is 1. The maximum absolute atomic E-state index is 11.5. The quantitative estimate of drug-likeness (QED) is 0.734. The van der Waals surface area contributed by atoms with Gasteiger partial charge in [-0.15, -0.1) is 0 Å². The zero-order valence-corrected chi connectivity index (χ0v) is 10.8. The molecule has 0 radical (unpaired) electrons. The van der Waals surface area contributed by atoms with Crippen molar-refractivity contribution in [3.8, 4) is 0 Å². The van der Waals surface area contributed by atoms with Gasteiger partial charge in [0, 0.05) is 19.0 Å². The van der Waals surface area contributed by atoms with Crippen molar-refractivity contribution in [2.45, 2.75) is 53.5 Å². The Morgan fingerprint density at radius 1 is 1.33 bits per heavy atom. The molecule has 0 aliphatic carbocycles. The Morgan fingerprint density at radius 3 is 2.27 bits per heavy atom. The van der Waals surface area contributed by atoms with Crippen molar-refractivity contribution in [2.75, 3.05) is 6.54 Å². The summed E-state index contributed by atoms with van der Waals surface area (Å²) in [5, 5.41) is 2.91. The molecule has 0 bridgehead atoms. The van der Waals surface area contributed by atoms with Crippen molar-refractivity contribution in [3.63, 3.8) is 0 Å². The molecule has 0 aliphatic rings. The second-order valence-corrected chi connectivity index (χ2v) is 5.77. The van der Waals surface area contributed by atoms with E-state index in [0.717, 1.165) is 13.0 Å². The third kappa shape index (κ3) is 8.43. The molecular formula is C12H26N2O. The summed E-state index contributed by atoms with van der Waals surface area (Å²) >= 11 is 0. The largest absolute Gasteiger partial charge is 0.356 e. The molecule has 3 nitrogen and oxygen atoms in total. The van der Waals surface area contributed by atoms with E-state index in [2.05, 4.69) is 26.1 Å². The average Bonchev–Trinajstić information content (AvgIpc) is 2.01. The molecule has 1 amide bonds. The van der Waals surface area contributed by atoms with Crippen LogP contribution in [0.4, 0.5) is 0 Å². The molecule has 15 heavy (non-hydrogen) atoms. The van der Waals surface area contributed by atoms with Crippen LogP contribution in [0.2, 0.25) is 0 Å². The summed E-state index contributed by atoms with van der Waals surface area (Å²) in [5.41, 5.74) is 6.09. The lowest BCUT2D eigenvalue weighted by Gasteiger charge is -2.19. The number of carbonyl (C=O) groups is 1. The summed E-state index contributed by atoms with van der Waals surface area (Å²) in [6.07, 6.45) is 1.43. The first-order chi connectivity index (χ1) is 6.72. The molecule has 90 valence electrons. The predicted octanol–water partition coefficient (Wildman–Crippen LogP) is 1.91. The number of nitrogens with two attached hydrogens (primary N) is 1. The Balaban J connectivity index is 3.67. The Morgan fingerprint density at radius 2 is 1.87 bits per heavy atom. The van der Waals surface area contributed by atoms with Gasteiger partial charge in [-0.1, -0.05) is 34.6 Å². The van der Waals surface area contributed by atoms with Gasteiger partial charge in [0.2, 0.25) is 5.91 Å². The number of carbonyl (C=O) groups excluding carboxylic acids is 1. The van der Waals surface area contributed by atoms with Gasteiger partial charge in [-0.3, -0.25) is 4.79 Å². The molecule has 0 heterocycles. The monoisotopic (exact) mass is 214 g/mol. The van der Waals surface area contributed by atoms with E-state index in [4.69, 9.17) is 5.73 Å². The van der Waals surface area contributed by atoms with Crippen LogP contribution in [0.3, 0.4) is 0 Å². The van der Waals surface area contributed by atoms with Crippen molar-refractivity contribution >= 4 is 5.91 Å². The fourth-order valence-corrected chi connectivity index (χ4v) is 1.10. The molecule has 1 unspecified atom stereocenters. The third-order valence-corrected chi connectivity index (χ3v) is 2.47. The third-order valence-electron chi connectivity index (χ3n) is 2.47. The molecule has 0 saturated heterocycles. The number of rotatable bonds is 5. The van der Waals surface area contributed by atoms with E-state index in [9.17, 15) is 4.79 Å². The predicted molar refractivity (Wildman–Crippen MR) is 64.5 cm³/mol. The fraction of sp³-hybridized carbons (Fsp3) is 0.917. The summed E-state index contributed by atoms with van der Waals surface area (Å²) in [4.78, 5) is 11.5. The Hall–Kier alpha value is -0.570. The van der Waals surface area contributed by atoms with Crippen LogP contribution in [-0.2, 0) is 4.79 Å². The van der Waals surface area contributed by atoms with Crippen LogP contribution >= 0.6 is 0 Å². The minimum Gasteiger partial charge on any atom is -0.356 e. The Bertz CT molecular complexity index is 194. The maximum atomic E-state index is 11.5. The molecular weight excluding hydrogens is 188 g/mol. The van der Waals surface area contributed by atoms with E-state index in [-0.39, 0.29) is 17.4 Å². The molecule has 0 spiro atoms. The summed E-state index contributed by atoms with van der Waals surface area (Å²) < 4.78 is 0. The van der Waals surface area contributed by atoms with Crippen molar-refractivity contribution < 1.29 is 4.79 Å². The summed E-state index contributed by atoms with van der Waals surface area (Å²) in [6, 6.07) is -0.0281. The van der Waals surface area contributed by atoms with Gasteiger partial charge in [0.1, 0.15) is 0 Å². The van der Waals surface area contributed by atoms with E-state index in [1.165, 1.54) is 0 Å². The maximum Gasteiger partial charge on any atom is 0.221 e. The van der Waals surface area contributed by atoms with Crippen molar-refractivity contribution in [3.05, 3.63) is 0 Å². The lowest BCUT2D eigenvalue weighted by Crippen LogP contribution is -2.35. The Kier molecular flexibility index (Phi) is 5.88.